The maximum atomic E-state index is 15.9. The molecule has 1 fully saturated rings. The second kappa shape index (κ2) is 10.1. The highest BCUT2D eigenvalue weighted by Crippen LogP contribution is 2.60. The van der Waals surface area contributed by atoms with E-state index < -0.39 is 20.1 Å². The number of hydrogen-bond donors (Lipinski definition) is 1. The average Bonchev–Trinajstić information content (AvgIpc) is 3.49. The molecule has 1 amide bonds. The third kappa shape index (κ3) is 4.69. The fourth-order valence-electron chi connectivity index (χ4n) is 6.15. The second-order valence-corrected chi connectivity index (χ2v) is 15.3. The molecular formula is C27H32BrFN4O3Si. The van der Waals surface area contributed by atoms with Gasteiger partial charge in [0.25, 0.3) is 5.91 Å². The Kier molecular flexibility index (Phi) is 7.12. The molecule has 1 N–H and O–H groups in total. The number of carbonyl (C=O) groups excluding carboxylic acids is 1. The highest BCUT2D eigenvalue weighted by Gasteiger charge is 2.66. The van der Waals surface area contributed by atoms with Gasteiger partial charge in [0.05, 0.1) is 24.0 Å². The Labute approximate surface area is 225 Å². The van der Waals surface area contributed by atoms with E-state index in [1.165, 1.54) is 0 Å². The maximum absolute atomic E-state index is 15.9. The number of amides is 1. The first-order valence-electron chi connectivity index (χ1n) is 12.7. The largest absolute Gasteiger partial charge is 0.396 e. The van der Waals surface area contributed by atoms with E-state index in [9.17, 15) is 4.79 Å². The SMILES string of the molecule is C[C@H]1[C@H]([Si](C)(C)F)[C@@H](CCn2cc(CCO)nn2)O[C@]12C(=O)N(Cc1ccccc1)c1ccc(Br)cc12. The monoisotopic (exact) mass is 586 g/mol. The summed E-state index contributed by atoms with van der Waals surface area (Å²) < 4.78 is 25.3. The van der Waals surface area contributed by atoms with Gasteiger partial charge in [-0.15, -0.1) is 5.10 Å². The van der Waals surface area contributed by atoms with Crippen LogP contribution in [0.1, 0.15) is 30.2 Å². The Hall–Kier alpha value is -2.40. The molecule has 0 saturated carbocycles. The van der Waals surface area contributed by atoms with Gasteiger partial charge in [0, 0.05) is 47.3 Å². The fraction of sp³-hybridized carbons (Fsp3) is 0.444. The number of aryl methyl sites for hydroxylation is 1. The number of rotatable bonds is 8. The van der Waals surface area contributed by atoms with Gasteiger partial charge in [0.2, 0.25) is 8.41 Å². The molecule has 3 heterocycles. The summed E-state index contributed by atoms with van der Waals surface area (Å²) in [6.45, 7) is 6.31. The maximum Gasteiger partial charge on any atom is 0.264 e. The van der Waals surface area contributed by atoms with Crippen molar-refractivity contribution in [3.05, 3.63) is 76.0 Å². The van der Waals surface area contributed by atoms with Crippen LogP contribution in [0.3, 0.4) is 0 Å². The van der Waals surface area contributed by atoms with Crippen molar-refractivity contribution in [1.29, 1.82) is 0 Å². The van der Waals surface area contributed by atoms with Crippen molar-refractivity contribution in [2.75, 3.05) is 11.5 Å². The van der Waals surface area contributed by atoms with Crippen LogP contribution in [0, 0.1) is 5.92 Å². The zero-order valence-electron chi connectivity index (χ0n) is 21.3. The lowest BCUT2D eigenvalue weighted by Gasteiger charge is -2.31. The van der Waals surface area contributed by atoms with Crippen molar-refractivity contribution in [2.24, 2.45) is 5.92 Å². The van der Waals surface area contributed by atoms with Crippen molar-refractivity contribution in [3.8, 4) is 0 Å². The molecule has 3 aromatic rings. The molecular weight excluding hydrogens is 555 g/mol. The minimum absolute atomic E-state index is 0.00470. The number of ether oxygens (including phenoxy) is 1. The van der Waals surface area contributed by atoms with E-state index in [0.29, 0.717) is 31.6 Å². The van der Waals surface area contributed by atoms with Crippen LogP contribution in [0.4, 0.5) is 9.80 Å². The lowest BCUT2D eigenvalue weighted by atomic mass is 9.82. The number of hydrogen-bond acceptors (Lipinski definition) is 5. The van der Waals surface area contributed by atoms with Gasteiger partial charge >= 0.3 is 0 Å². The molecule has 1 saturated heterocycles. The number of nitrogens with zero attached hydrogens (tertiary/aromatic N) is 4. The van der Waals surface area contributed by atoms with Crippen molar-refractivity contribution >= 4 is 35.9 Å². The molecule has 7 nitrogen and oxygen atoms in total. The van der Waals surface area contributed by atoms with Gasteiger partial charge in [-0.05, 0) is 43.3 Å². The molecule has 2 aliphatic heterocycles. The lowest BCUT2D eigenvalue weighted by molar-refractivity contribution is -0.146. The van der Waals surface area contributed by atoms with E-state index in [0.717, 1.165) is 21.3 Å². The summed E-state index contributed by atoms with van der Waals surface area (Å²) in [5.74, 6) is -0.472. The normalized spacial score (nSPS) is 25.3. The second-order valence-electron chi connectivity index (χ2n) is 10.5. The number of halogens is 2. The summed E-state index contributed by atoms with van der Waals surface area (Å²) in [6.07, 6.45) is 2.30. The Morgan fingerprint density at radius 1 is 1.22 bits per heavy atom. The number of aromatic nitrogens is 3. The Morgan fingerprint density at radius 3 is 2.68 bits per heavy atom. The standard InChI is InChI=1S/C27H32BrFN4O3Si/c1-18-25(37(2,3)29)24(11-13-32-17-21(12-14-34)30-31-32)36-27(18)22-15-20(28)9-10-23(22)33(26(27)35)16-19-7-5-4-6-8-19/h4-10,15,17-18,24-25,34H,11-14,16H2,1-3H3/t18-,24+,25-,27+/m0/s1. The molecule has 0 unspecified atom stereocenters. The predicted molar refractivity (Wildman–Crippen MR) is 145 cm³/mol. The van der Waals surface area contributed by atoms with Crippen molar-refractivity contribution in [3.63, 3.8) is 0 Å². The summed E-state index contributed by atoms with van der Waals surface area (Å²) in [7, 11) is -3.24. The van der Waals surface area contributed by atoms with Crippen LogP contribution < -0.4 is 4.90 Å². The van der Waals surface area contributed by atoms with Crippen LogP contribution in [-0.4, -0.2) is 47.1 Å². The summed E-state index contributed by atoms with van der Waals surface area (Å²) in [5, 5.41) is 17.4. The van der Waals surface area contributed by atoms with Gasteiger partial charge in [-0.2, -0.15) is 0 Å². The third-order valence-corrected chi connectivity index (χ3v) is 10.7. The first-order valence-corrected chi connectivity index (χ1v) is 16.4. The van der Waals surface area contributed by atoms with Crippen molar-refractivity contribution in [2.45, 2.75) is 63.2 Å². The smallest absolute Gasteiger partial charge is 0.264 e. The number of anilines is 1. The number of benzene rings is 2. The molecule has 4 atom stereocenters. The molecule has 196 valence electrons. The van der Waals surface area contributed by atoms with E-state index >= 15 is 4.11 Å². The molecule has 2 aliphatic rings. The van der Waals surface area contributed by atoms with Crippen LogP contribution in [0.25, 0.3) is 0 Å². The minimum Gasteiger partial charge on any atom is -0.396 e. The number of fused-ring (bicyclic) bond motifs is 2. The van der Waals surface area contributed by atoms with E-state index in [-0.39, 0.29) is 24.0 Å². The van der Waals surface area contributed by atoms with E-state index in [1.807, 2.05) is 55.5 Å². The molecule has 0 radical (unpaired) electrons. The first kappa shape index (κ1) is 26.2. The number of aliphatic hydroxyl groups excluding tert-OH is 1. The van der Waals surface area contributed by atoms with Gasteiger partial charge < -0.3 is 18.9 Å². The molecule has 5 rings (SSSR count). The summed E-state index contributed by atoms with van der Waals surface area (Å²) >= 11 is 3.58. The predicted octanol–water partition coefficient (Wildman–Crippen LogP) is 4.99. The zero-order chi connectivity index (χ0) is 26.4. The van der Waals surface area contributed by atoms with Gasteiger partial charge in [0.15, 0.2) is 5.60 Å². The molecule has 10 heteroatoms. The Balaban J connectivity index is 1.50. The Morgan fingerprint density at radius 2 is 1.97 bits per heavy atom. The lowest BCUT2D eigenvalue weighted by Crippen LogP contribution is -2.45. The van der Waals surface area contributed by atoms with Gasteiger partial charge in [-0.1, -0.05) is 58.4 Å². The van der Waals surface area contributed by atoms with Crippen molar-refractivity contribution in [1.82, 2.24) is 15.0 Å². The highest BCUT2D eigenvalue weighted by atomic mass is 79.9. The van der Waals surface area contributed by atoms with Crippen molar-refractivity contribution < 1.29 is 18.7 Å². The van der Waals surface area contributed by atoms with E-state index in [1.54, 1.807) is 28.9 Å². The summed E-state index contributed by atoms with van der Waals surface area (Å²) in [4.78, 5) is 16.1. The summed E-state index contributed by atoms with van der Waals surface area (Å²) in [5.41, 5.74) is 1.71. The third-order valence-electron chi connectivity index (χ3n) is 7.70. The fourth-order valence-corrected chi connectivity index (χ4v) is 9.05. The molecule has 2 aromatic carbocycles. The van der Waals surface area contributed by atoms with Crippen LogP contribution in [-0.2, 0) is 34.6 Å². The first-order chi connectivity index (χ1) is 17.6. The van der Waals surface area contributed by atoms with Crippen LogP contribution >= 0.6 is 15.9 Å². The topological polar surface area (TPSA) is 80.5 Å². The molecule has 0 aliphatic carbocycles. The molecule has 1 spiro atoms. The van der Waals surface area contributed by atoms with Crippen LogP contribution in [0.2, 0.25) is 18.6 Å². The van der Waals surface area contributed by atoms with Crippen LogP contribution in [0.5, 0.6) is 0 Å². The Bertz CT molecular complexity index is 1280. The van der Waals surface area contributed by atoms with Crippen LogP contribution in [0.15, 0.2) is 59.2 Å². The number of aliphatic hydroxyl groups is 1. The molecule has 1 aromatic heterocycles. The van der Waals surface area contributed by atoms with E-state index in [2.05, 4.69) is 26.2 Å². The quantitative estimate of drug-likeness (QED) is 0.297. The molecule has 37 heavy (non-hydrogen) atoms. The minimum atomic E-state index is -3.24. The summed E-state index contributed by atoms with van der Waals surface area (Å²) in [6, 6.07) is 15.7. The van der Waals surface area contributed by atoms with Gasteiger partial charge in [0.1, 0.15) is 0 Å². The number of carbonyl (C=O) groups is 1. The average molecular weight is 588 g/mol. The van der Waals surface area contributed by atoms with E-state index in [4.69, 9.17) is 9.84 Å². The molecule has 0 bridgehead atoms. The van der Waals surface area contributed by atoms with Gasteiger partial charge in [-0.3, -0.25) is 9.48 Å². The van der Waals surface area contributed by atoms with Gasteiger partial charge in [-0.25, -0.2) is 0 Å². The zero-order valence-corrected chi connectivity index (χ0v) is 23.9. The highest BCUT2D eigenvalue weighted by molar-refractivity contribution is 9.10.